The number of fused-ring (bicyclic) bond motifs is 2. The van der Waals surface area contributed by atoms with Gasteiger partial charge in [0, 0.05) is 27.9 Å². The lowest BCUT2D eigenvalue weighted by atomic mass is 9.84. The molecule has 3 aromatic carbocycles. The Kier molecular flexibility index (Phi) is 5.26. The molecule has 0 heterocycles. The van der Waals surface area contributed by atoms with Crippen LogP contribution in [0.5, 0.6) is 0 Å². The van der Waals surface area contributed by atoms with Crippen molar-refractivity contribution in [2.45, 2.75) is 31.1 Å². The van der Waals surface area contributed by atoms with Crippen molar-refractivity contribution in [1.82, 2.24) is 0 Å². The largest absolute Gasteiger partial charge is 0.289 e. The first-order valence-corrected chi connectivity index (χ1v) is 11.3. The number of rotatable bonds is 6. The first kappa shape index (κ1) is 20.0. The van der Waals surface area contributed by atoms with Crippen LogP contribution in [0.4, 0.5) is 5.69 Å². The van der Waals surface area contributed by atoms with Crippen LogP contribution in [0.15, 0.2) is 71.6 Å². The van der Waals surface area contributed by atoms with Gasteiger partial charge < -0.3 is 0 Å². The normalized spacial score (nSPS) is 13.0. The van der Waals surface area contributed by atoms with E-state index < -0.39 is 10.0 Å². The zero-order valence-corrected chi connectivity index (χ0v) is 17.3. The van der Waals surface area contributed by atoms with E-state index in [0.29, 0.717) is 16.8 Å². The average molecular weight is 420 g/mol. The highest BCUT2D eigenvalue weighted by Gasteiger charge is 2.30. The molecule has 0 saturated carbocycles. The van der Waals surface area contributed by atoms with E-state index in [2.05, 4.69) is 11.6 Å². The van der Waals surface area contributed by atoms with Gasteiger partial charge in [-0.3, -0.25) is 14.3 Å². The molecule has 1 N–H and O–H groups in total. The monoisotopic (exact) mass is 419 g/mol. The molecule has 0 saturated heterocycles. The molecule has 152 valence electrons. The summed E-state index contributed by atoms with van der Waals surface area (Å²) in [6, 6.07) is 17.9. The number of benzene rings is 3. The number of unbranched alkanes of at least 4 members (excludes halogenated alkanes) is 1. The van der Waals surface area contributed by atoms with Gasteiger partial charge in [0.1, 0.15) is 0 Å². The molecule has 5 nitrogen and oxygen atoms in total. The van der Waals surface area contributed by atoms with Crippen LogP contribution in [-0.2, 0) is 16.4 Å². The number of carbonyl (C=O) groups is 2. The molecule has 0 bridgehead atoms. The highest BCUT2D eigenvalue weighted by molar-refractivity contribution is 7.92. The number of hydrogen-bond donors (Lipinski definition) is 1. The van der Waals surface area contributed by atoms with Gasteiger partial charge in [-0.05, 0) is 48.7 Å². The Bertz CT molecular complexity index is 1240. The lowest BCUT2D eigenvalue weighted by Gasteiger charge is -2.18. The third kappa shape index (κ3) is 3.66. The quantitative estimate of drug-likeness (QED) is 0.495. The number of aryl methyl sites for hydroxylation is 1. The second kappa shape index (κ2) is 7.88. The Morgan fingerprint density at radius 2 is 1.37 bits per heavy atom. The standard InChI is InChI=1S/C24H21NO4S/c1-2-3-6-16-9-11-17(12-10-16)25-30(28,29)18-13-14-21-22(15-18)24(27)20-8-5-4-7-19(20)23(21)26/h4-5,7-15,25H,2-3,6H2,1H3. The Morgan fingerprint density at radius 3 is 2.00 bits per heavy atom. The van der Waals surface area contributed by atoms with Crippen molar-refractivity contribution >= 4 is 27.3 Å². The van der Waals surface area contributed by atoms with E-state index in [4.69, 9.17) is 0 Å². The zero-order valence-electron chi connectivity index (χ0n) is 16.5. The fourth-order valence-corrected chi connectivity index (χ4v) is 4.66. The fraction of sp³-hybridized carbons (Fsp3) is 0.167. The second-order valence-corrected chi connectivity index (χ2v) is 9.00. The maximum atomic E-state index is 12.9. The molecule has 30 heavy (non-hydrogen) atoms. The van der Waals surface area contributed by atoms with E-state index in [1.54, 1.807) is 36.4 Å². The van der Waals surface area contributed by atoms with Crippen molar-refractivity contribution in [2.75, 3.05) is 4.72 Å². The van der Waals surface area contributed by atoms with Crippen molar-refractivity contribution in [3.8, 4) is 0 Å². The van der Waals surface area contributed by atoms with Crippen molar-refractivity contribution < 1.29 is 18.0 Å². The lowest BCUT2D eigenvalue weighted by Crippen LogP contribution is -2.22. The number of anilines is 1. The van der Waals surface area contributed by atoms with Crippen LogP contribution in [0.3, 0.4) is 0 Å². The first-order chi connectivity index (χ1) is 14.4. The van der Waals surface area contributed by atoms with Crippen LogP contribution in [0.25, 0.3) is 0 Å². The predicted molar refractivity (Wildman–Crippen MR) is 116 cm³/mol. The molecular weight excluding hydrogens is 398 g/mol. The van der Waals surface area contributed by atoms with Crippen molar-refractivity contribution in [1.29, 1.82) is 0 Å². The van der Waals surface area contributed by atoms with E-state index in [0.717, 1.165) is 24.8 Å². The van der Waals surface area contributed by atoms with Gasteiger partial charge in [0.15, 0.2) is 11.6 Å². The van der Waals surface area contributed by atoms with Gasteiger partial charge in [0.25, 0.3) is 10.0 Å². The molecule has 3 aromatic rings. The summed E-state index contributed by atoms with van der Waals surface area (Å²) >= 11 is 0. The van der Waals surface area contributed by atoms with Crippen LogP contribution in [0.2, 0.25) is 0 Å². The molecule has 0 atom stereocenters. The summed E-state index contributed by atoms with van der Waals surface area (Å²) in [5.74, 6) is -0.627. The zero-order chi connectivity index (χ0) is 21.3. The fourth-order valence-electron chi connectivity index (χ4n) is 3.58. The Hall–Kier alpha value is -3.25. The van der Waals surface area contributed by atoms with E-state index in [1.165, 1.54) is 18.2 Å². The van der Waals surface area contributed by atoms with Crippen molar-refractivity contribution in [3.05, 3.63) is 94.5 Å². The van der Waals surface area contributed by atoms with Crippen LogP contribution in [-0.4, -0.2) is 20.0 Å². The molecule has 0 radical (unpaired) electrons. The van der Waals surface area contributed by atoms with Gasteiger partial charge in [0.05, 0.1) is 4.90 Å². The van der Waals surface area contributed by atoms with Crippen LogP contribution in [0.1, 0.15) is 57.2 Å². The van der Waals surface area contributed by atoms with Crippen LogP contribution in [0, 0.1) is 0 Å². The SMILES string of the molecule is CCCCc1ccc(NS(=O)(=O)c2ccc3c(c2)C(=O)c2ccccc2C3=O)cc1. The predicted octanol–water partition coefficient (Wildman–Crippen LogP) is 4.61. The molecule has 1 aliphatic rings. The summed E-state index contributed by atoms with van der Waals surface area (Å²) in [6.07, 6.45) is 3.13. The topological polar surface area (TPSA) is 80.3 Å². The third-order valence-corrected chi connectivity index (χ3v) is 6.61. The van der Waals surface area contributed by atoms with E-state index in [1.807, 2.05) is 12.1 Å². The molecule has 0 amide bonds. The molecule has 0 unspecified atom stereocenters. The summed E-state index contributed by atoms with van der Waals surface area (Å²) in [5.41, 5.74) is 2.55. The molecule has 1 aliphatic carbocycles. The minimum atomic E-state index is -3.91. The Labute approximate surface area is 175 Å². The number of sulfonamides is 1. The minimum Gasteiger partial charge on any atom is -0.289 e. The minimum absolute atomic E-state index is 0.0585. The number of hydrogen-bond acceptors (Lipinski definition) is 4. The summed E-state index contributed by atoms with van der Waals surface area (Å²) in [5, 5.41) is 0. The summed E-state index contributed by atoms with van der Waals surface area (Å²) < 4.78 is 28.3. The van der Waals surface area contributed by atoms with Crippen LogP contribution < -0.4 is 4.72 Å². The molecule has 0 spiro atoms. The van der Waals surface area contributed by atoms with Gasteiger partial charge in [-0.15, -0.1) is 0 Å². The van der Waals surface area contributed by atoms with Gasteiger partial charge in [-0.25, -0.2) is 8.42 Å². The third-order valence-electron chi connectivity index (χ3n) is 5.23. The molecule has 4 rings (SSSR count). The van der Waals surface area contributed by atoms with Crippen molar-refractivity contribution in [2.24, 2.45) is 0 Å². The smallest absolute Gasteiger partial charge is 0.261 e. The molecular formula is C24H21NO4S. The summed E-state index contributed by atoms with van der Waals surface area (Å²) in [7, 11) is -3.91. The summed E-state index contributed by atoms with van der Waals surface area (Å²) in [6.45, 7) is 2.12. The Balaban J connectivity index is 1.63. The molecule has 0 fully saturated rings. The lowest BCUT2D eigenvalue weighted by molar-refractivity contribution is 0.0979. The highest BCUT2D eigenvalue weighted by atomic mass is 32.2. The van der Waals surface area contributed by atoms with Crippen LogP contribution >= 0.6 is 0 Å². The number of ketones is 2. The van der Waals surface area contributed by atoms with E-state index >= 15 is 0 Å². The van der Waals surface area contributed by atoms with E-state index in [9.17, 15) is 18.0 Å². The van der Waals surface area contributed by atoms with Crippen molar-refractivity contribution in [3.63, 3.8) is 0 Å². The maximum Gasteiger partial charge on any atom is 0.261 e. The number of carbonyl (C=O) groups excluding carboxylic acids is 2. The Morgan fingerprint density at radius 1 is 0.767 bits per heavy atom. The highest BCUT2D eigenvalue weighted by Crippen LogP contribution is 2.29. The van der Waals surface area contributed by atoms with Gasteiger partial charge >= 0.3 is 0 Å². The molecule has 0 aliphatic heterocycles. The average Bonchev–Trinajstić information content (AvgIpc) is 2.76. The number of nitrogens with one attached hydrogen (secondary N) is 1. The molecule has 6 heteroatoms. The van der Waals surface area contributed by atoms with E-state index in [-0.39, 0.29) is 27.6 Å². The first-order valence-electron chi connectivity index (χ1n) is 9.85. The second-order valence-electron chi connectivity index (χ2n) is 7.32. The molecule has 0 aromatic heterocycles. The summed E-state index contributed by atoms with van der Waals surface area (Å²) in [4.78, 5) is 25.5. The maximum absolute atomic E-state index is 12.9. The van der Waals surface area contributed by atoms with Gasteiger partial charge in [-0.1, -0.05) is 49.7 Å². The van der Waals surface area contributed by atoms with Gasteiger partial charge in [-0.2, -0.15) is 0 Å². The van der Waals surface area contributed by atoms with Gasteiger partial charge in [0.2, 0.25) is 0 Å².